The van der Waals surface area contributed by atoms with Crippen LogP contribution in [-0.2, 0) is 5.41 Å². The van der Waals surface area contributed by atoms with Crippen molar-refractivity contribution in [2.24, 2.45) is 0 Å². The first-order valence-corrected chi connectivity index (χ1v) is 4.89. The van der Waals surface area contributed by atoms with E-state index in [9.17, 15) is 0 Å². The van der Waals surface area contributed by atoms with Crippen LogP contribution < -0.4 is 10.6 Å². The number of hydrogen-bond acceptors (Lipinski definition) is 2. The Morgan fingerprint density at radius 3 is 2.14 bits per heavy atom. The van der Waals surface area contributed by atoms with Crippen molar-refractivity contribution in [1.29, 1.82) is 0 Å². The Hall–Kier alpha value is -1.18. The van der Waals surface area contributed by atoms with Gasteiger partial charge in [0.1, 0.15) is 0 Å². The molecule has 0 amide bonds. The zero-order chi connectivity index (χ0) is 10.9. The first kappa shape index (κ1) is 10.9. The Morgan fingerprint density at radius 2 is 1.71 bits per heavy atom. The molecule has 0 heterocycles. The minimum absolute atomic E-state index is 0.107. The molecule has 0 fully saturated rings. The number of rotatable bonds is 1. The summed E-state index contributed by atoms with van der Waals surface area (Å²) in [4.78, 5) is 2.09. The molecule has 0 radical (unpaired) electrons. The molecule has 2 heteroatoms. The van der Waals surface area contributed by atoms with Crippen molar-refractivity contribution in [1.82, 2.24) is 0 Å². The zero-order valence-electron chi connectivity index (χ0n) is 9.76. The Labute approximate surface area is 86.7 Å². The number of nitrogen functional groups attached to an aromatic ring is 1. The predicted molar refractivity (Wildman–Crippen MR) is 63.9 cm³/mol. The van der Waals surface area contributed by atoms with Gasteiger partial charge in [-0.2, -0.15) is 0 Å². The van der Waals surface area contributed by atoms with E-state index in [4.69, 9.17) is 5.73 Å². The maximum absolute atomic E-state index is 5.96. The molecule has 0 saturated carbocycles. The second-order valence-electron chi connectivity index (χ2n) is 4.92. The van der Waals surface area contributed by atoms with Crippen molar-refractivity contribution >= 4 is 11.4 Å². The van der Waals surface area contributed by atoms with Crippen LogP contribution in [0.3, 0.4) is 0 Å². The van der Waals surface area contributed by atoms with Crippen molar-refractivity contribution in [2.45, 2.75) is 26.2 Å². The topological polar surface area (TPSA) is 29.3 Å². The molecule has 0 saturated heterocycles. The summed E-state index contributed by atoms with van der Waals surface area (Å²) in [6.45, 7) is 6.54. The molecular formula is C12H20N2. The third-order valence-electron chi connectivity index (χ3n) is 2.36. The van der Waals surface area contributed by atoms with Gasteiger partial charge in [0.25, 0.3) is 0 Å². The molecule has 0 aliphatic carbocycles. The van der Waals surface area contributed by atoms with Gasteiger partial charge >= 0.3 is 0 Å². The van der Waals surface area contributed by atoms with Crippen LogP contribution in [0.15, 0.2) is 18.2 Å². The number of nitrogens with two attached hydrogens (primary N) is 1. The molecule has 0 atom stereocenters. The van der Waals surface area contributed by atoms with Gasteiger partial charge in [-0.3, -0.25) is 0 Å². The molecule has 0 bridgehead atoms. The molecule has 78 valence electrons. The highest BCUT2D eigenvalue weighted by Gasteiger charge is 2.17. The minimum Gasteiger partial charge on any atom is -0.398 e. The summed E-state index contributed by atoms with van der Waals surface area (Å²) in [6, 6.07) is 6.19. The van der Waals surface area contributed by atoms with E-state index in [0.717, 1.165) is 5.69 Å². The van der Waals surface area contributed by atoms with E-state index < -0.39 is 0 Å². The lowest BCUT2D eigenvalue weighted by Gasteiger charge is -2.23. The van der Waals surface area contributed by atoms with E-state index in [1.807, 2.05) is 26.2 Å². The van der Waals surface area contributed by atoms with Gasteiger partial charge in [0.2, 0.25) is 0 Å². The van der Waals surface area contributed by atoms with Crippen LogP contribution in [0.5, 0.6) is 0 Å². The Kier molecular flexibility index (Phi) is 2.74. The maximum atomic E-state index is 5.96. The van der Waals surface area contributed by atoms with E-state index in [1.165, 1.54) is 11.3 Å². The van der Waals surface area contributed by atoms with Crippen LogP contribution in [-0.4, -0.2) is 14.1 Å². The summed E-state index contributed by atoms with van der Waals surface area (Å²) >= 11 is 0. The molecule has 0 aliphatic heterocycles. The Balaban J connectivity index is 3.22. The quantitative estimate of drug-likeness (QED) is 0.693. The average molecular weight is 192 g/mol. The van der Waals surface area contributed by atoms with E-state index in [0.29, 0.717) is 0 Å². The number of anilines is 2. The van der Waals surface area contributed by atoms with Crippen molar-refractivity contribution in [2.75, 3.05) is 24.7 Å². The van der Waals surface area contributed by atoms with Gasteiger partial charge in [-0.05, 0) is 29.2 Å². The lowest BCUT2D eigenvalue weighted by atomic mass is 9.85. The minimum atomic E-state index is 0.107. The van der Waals surface area contributed by atoms with E-state index >= 15 is 0 Å². The lowest BCUT2D eigenvalue weighted by molar-refractivity contribution is 0.592. The van der Waals surface area contributed by atoms with Crippen LogP contribution in [0, 0.1) is 0 Å². The highest BCUT2D eigenvalue weighted by atomic mass is 15.1. The fourth-order valence-corrected chi connectivity index (χ4v) is 1.47. The summed E-state index contributed by atoms with van der Waals surface area (Å²) in [5.74, 6) is 0. The zero-order valence-corrected chi connectivity index (χ0v) is 9.76. The Bertz CT molecular complexity index is 322. The van der Waals surface area contributed by atoms with Gasteiger partial charge in [0.15, 0.2) is 0 Å². The summed E-state index contributed by atoms with van der Waals surface area (Å²) < 4.78 is 0. The number of nitrogens with zero attached hydrogens (tertiary/aromatic N) is 1. The predicted octanol–water partition coefficient (Wildman–Crippen LogP) is 2.63. The van der Waals surface area contributed by atoms with Crippen LogP contribution in [0.2, 0.25) is 0 Å². The van der Waals surface area contributed by atoms with Crippen molar-refractivity contribution in [3.05, 3.63) is 23.8 Å². The summed E-state index contributed by atoms with van der Waals surface area (Å²) in [6.07, 6.45) is 0. The monoisotopic (exact) mass is 192 g/mol. The van der Waals surface area contributed by atoms with Crippen molar-refractivity contribution in [3.8, 4) is 0 Å². The molecule has 1 aromatic carbocycles. The van der Waals surface area contributed by atoms with Gasteiger partial charge in [0, 0.05) is 25.5 Å². The second kappa shape index (κ2) is 3.52. The lowest BCUT2D eigenvalue weighted by Crippen LogP contribution is -2.16. The normalized spacial score (nSPS) is 11.5. The third-order valence-corrected chi connectivity index (χ3v) is 2.36. The molecule has 1 rings (SSSR count). The average Bonchev–Trinajstić information content (AvgIpc) is 2.02. The van der Waals surface area contributed by atoms with Crippen LogP contribution in [0.4, 0.5) is 11.4 Å². The Morgan fingerprint density at radius 1 is 1.14 bits per heavy atom. The van der Waals surface area contributed by atoms with Crippen LogP contribution in [0.25, 0.3) is 0 Å². The summed E-state index contributed by atoms with van der Waals surface area (Å²) in [5.41, 5.74) is 9.35. The number of benzene rings is 1. The molecule has 2 nitrogen and oxygen atoms in total. The molecule has 2 N–H and O–H groups in total. The highest BCUT2D eigenvalue weighted by Crippen LogP contribution is 2.30. The molecule has 14 heavy (non-hydrogen) atoms. The summed E-state index contributed by atoms with van der Waals surface area (Å²) in [7, 11) is 4.08. The number of hydrogen-bond donors (Lipinski definition) is 1. The molecule has 0 spiro atoms. The standard InChI is InChI=1S/C12H20N2/c1-12(2,3)10-8-9(14(4)5)6-7-11(10)13/h6-8H,13H2,1-5H3. The van der Waals surface area contributed by atoms with E-state index in [2.05, 4.69) is 31.7 Å². The van der Waals surface area contributed by atoms with Crippen LogP contribution >= 0.6 is 0 Å². The fraction of sp³-hybridized carbons (Fsp3) is 0.500. The molecule has 1 aromatic rings. The second-order valence-corrected chi connectivity index (χ2v) is 4.92. The van der Waals surface area contributed by atoms with Gasteiger partial charge in [-0.1, -0.05) is 20.8 Å². The van der Waals surface area contributed by atoms with E-state index in [-0.39, 0.29) is 5.41 Å². The molecule has 0 aliphatic rings. The fourth-order valence-electron chi connectivity index (χ4n) is 1.47. The highest BCUT2D eigenvalue weighted by molar-refractivity contribution is 5.60. The molecular weight excluding hydrogens is 172 g/mol. The van der Waals surface area contributed by atoms with Gasteiger partial charge < -0.3 is 10.6 Å². The van der Waals surface area contributed by atoms with Gasteiger partial charge in [0.05, 0.1) is 0 Å². The molecule has 0 aromatic heterocycles. The van der Waals surface area contributed by atoms with E-state index in [1.54, 1.807) is 0 Å². The van der Waals surface area contributed by atoms with Gasteiger partial charge in [-0.15, -0.1) is 0 Å². The van der Waals surface area contributed by atoms with Crippen molar-refractivity contribution in [3.63, 3.8) is 0 Å². The van der Waals surface area contributed by atoms with Gasteiger partial charge in [-0.25, -0.2) is 0 Å². The first-order chi connectivity index (χ1) is 6.32. The SMILES string of the molecule is CN(C)c1ccc(N)c(C(C)(C)C)c1. The molecule has 0 unspecified atom stereocenters. The van der Waals surface area contributed by atoms with Crippen molar-refractivity contribution < 1.29 is 0 Å². The largest absolute Gasteiger partial charge is 0.398 e. The van der Waals surface area contributed by atoms with Crippen LogP contribution in [0.1, 0.15) is 26.3 Å². The maximum Gasteiger partial charge on any atom is 0.0365 e. The smallest absolute Gasteiger partial charge is 0.0365 e. The summed E-state index contributed by atoms with van der Waals surface area (Å²) in [5, 5.41) is 0. The third kappa shape index (κ3) is 2.19. The first-order valence-electron chi connectivity index (χ1n) is 4.89.